The van der Waals surface area contributed by atoms with Gasteiger partial charge in [-0.3, -0.25) is 4.90 Å². The molecule has 0 amide bonds. The van der Waals surface area contributed by atoms with Crippen LogP contribution in [0.2, 0.25) is 0 Å². The predicted molar refractivity (Wildman–Crippen MR) is 84.7 cm³/mol. The summed E-state index contributed by atoms with van der Waals surface area (Å²) in [5.74, 6) is 0.767. The largest absolute Gasteiger partial charge is 0.394 e. The van der Waals surface area contributed by atoms with Gasteiger partial charge in [-0.1, -0.05) is 26.7 Å². The lowest BCUT2D eigenvalue weighted by atomic mass is 9.79. The minimum absolute atomic E-state index is 0.145. The molecule has 2 saturated carbocycles. The first-order chi connectivity index (χ1) is 9.54. The maximum absolute atomic E-state index is 9.59. The van der Waals surface area contributed by atoms with Crippen LogP contribution in [0.15, 0.2) is 0 Å². The van der Waals surface area contributed by atoms with E-state index in [2.05, 4.69) is 18.7 Å². The first-order valence-electron chi connectivity index (χ1n) is 8.69. The van der Waals surface area contributed by atoms with E-state index in [1.165, 1.54) is 51.5 Å². The molecule has 0 saturated heterocycles. The Morgan fingerprint density at radius 1 is 1.15 bits per heavy atom. The first-order valence-corrected chi connectivity index (χ1v) is 8.69. The van der Waals surface area contributed by atoms with Crippen LogP contribution in [0.5, 0.6) is 0 Å². The fraction of sp³-hybridized carbons (Fsp3) is 1.00. The van der Waals surface area contributed by atoms with Crippen LogP contribution in [0.3, 0.4) is 0 Å². The van der Waals surface area contributed by atoms with Crippen molar-refractivity contribution in [3.63, 3.8) is 0 Å². The van der Waals surface area contributed by atoms with E-state index >= 15 is 0 Å². The topological polar surface area (TPSA) is 49.5 Å². The number of aliphatic hydroxyl groups is 1. The molecule has 0 radical (unpaired) electrons. The summed E-state index contributed by atoms with van der Waals surface area (Å²) < 4.78 is 0. The minimum Gasteiger partial charge on any atom is -0.394 e. The highest BCUT2D eigenvalue weighted by atomic mass is 16.3. The molecule has 0 aromatic heterocycles. The lowest BCUT2D eigenvalue weighted by Gasteiger charge is -2.44. The van der Waals surface area contributed by atoms with Crippen molar-refractivity contribution in [2.75, 3.05) is 13.2 Å². The van der Waals surface area contributed by atoms with Crippen LogP contribution in [0.1, 0.15) is 71.6 Å². The third-order valence-electron chi connectivity index (χ3n) is 5.40. The summed E-state index contributed by atoms with van der Waals surface area (Å²) in [6, 6.07) is 1.38. The van der Waals surface area contributed by atoms with Crippen molar-refractivity contribution in [2.24, 2.45) is 11.7 Å². The highest BCUT2D eigenvalue weighted by Gasteiger charge is 2.37. The van der Waals surface area contributed by atoms with Gasteiger partial charge in [-0.15, -0.1) is 0 Å². The summed E-state index contributed by atoms with van der Waals surface area (Å²) >= 11 is 0. The van der Waals surface area contributed by atoms with E-state index in [9.17, 15) is 5.11 Å². The van der Waals surface area contributed by atoms with E-state index in [1.54, 1.807) is 0 Å². The van der Waals surface area contributed by atoms with Gasteiger partial charge in [0.15, 0.2) is 0 Å². The van der Waals surface area contributed by atoms with Crippen molar-refractivity contribution in [3.8, 4) is 0 Å². The Bertz CT molecular complexity index is 289. The highest BCUT2D eigenvalue weighted by molar-refractivity contribution is 4.95. The van der Waals surface area contributed by atoms with Crippen LogP contribution < -0.4 is 5.73 Å². The van der Waals surface area contributed by atoms with E-state index < -0.39 is 0 Å². The predicted octanol–water partition coefficient (Wildman–Crippen LogP) is 2.91. The van der Waals surface area contributed by atoms with Gasteiger partial charge in [0.25, 0.3) is 0 Å². The second-order valence-corrected chi connectivity index (χ2v) is 7.63. The quantitative estimate of drug-likeness (QED) is 0.787. The molecular weight excluding hydrogens is 248 g/mol. The summed E-state index contributed by atoms with van der Waals surface area (Å²) in [6.45, 7) is 5.99. The molecular formula is C17H34N2O. The Balaban J connectivity index is 2.00. The number of hydrogen-bond donors (Lipinski definition) is 2. The zero-order valence-electron chi connectivity index (χ0n) is 13.5. The van der Waals surface area contributed by atoms with Gasteiger partial charge in [0.1, 0.15) is 0 Å². The van der Waals surface area contributed by atoms with Gasteiger partial charge in [-0.2, -0.15) is 0 Å². The molecule has 0 spiro atoms. The summed E-state index contributed by atoms with van der Waals surface area (Å²) in [5, 5.41) is 9.59. The molecule has 2 atom stereocenters. The monoisotopic (exact) mass is 282 g/mol. The third kappa shape index (κ3) is 4.19. The van der Waals surface area contributed by atoms with Crippen LogP contribution in [0.25, 0.3) is 0 Å². The van der Waals surface area contributed by atoms with E-state index in [0.29, 0.717) is 6.04 Å². The summed E-state index contributed by atoms with van der Waals surface area (Å²) in [5.41, 5.74) is 6.04. The summed E-state index contributed by atoms with van der Waals surface area (Å²) in [6.07, 6.45) is 11.2. The van der Waals surface area contributed by atoms with Crippen molar-refractivity contribution < 1.29 is 5.11 Å². The minimum atomic E-state index is -0.322. The van der Waals surface area contributed by atoms with Gasteiger partial charge < -0.3 is 10.8 Å². The van der Waals surface area contributed by atoms with Crippen LogP contribution in [0, 0.1) is 5.92 Å². The van der Waals surface area contributed by atoms with E-state index in [-0.39, 0.29) is 12.1 Å². The normalized spacial score (nSPS) is 32.4. The average Bonchev–Trinajstić information content (AvgIpc) is 2.93. The molecule has 3 heteroatoms. The van der Waals surface area contributed by atoms with Crippen molar-refractivity contribution in [3.05, 3.63) is 0 Å². The Morgan fingerprint density at radius 2 is 1.80 bits per heavy atom. The standard InChI is InChI=1S/C17H34N2O/c1-14(2)9-11-19(15-6-3-4-7-15)16-8-5-10-17(18,12-16)13-20/h14-16,20H,3-13,18H2,1-2H3. The molecule has 0 aromatic carbocycles. The molecule has 118 valence electrons. The number of nitrogens with zero attached hydrogens (tertiary/aromatic N) is 1. The summed E-state index contributed by atoms with van der Waals surface area (Å²) in [7, 11) is 0. The molecule has 0 aromatic rings. The number of nitrogens with two attached hydrogens (primary N) is 1. The van der Waals surface area contributed by atoms with Crippen molar-refractivity contribution in [1.29, 1.82) is 0 Å². The van der Waals surface area contributed by atoms with E-state index in [0.717, 1.165) is 24.8 Å². The Morgan fingerprint density at radius 3 is 2.40 bits per heavy atom. The van der Waals surface area contributed by atoms with Gasteiger partial charge in [0.2, 0.25) is 0 Å². The second kappa shape index (κ2) is 7.24. The number of aliphatic hydroxyl groups excluding tert-OH is 1. The van der Waals surface area contributed by atoms with Crippen molar-refractivity contribution >= 4 is 0 Å². The lowest BCUT2D eigenvalue weighted by Crippen LogP contribution is -2.55. The molecule has 3 N–H and O–H groups in total. The average molecular weight is 282 g/mol. The molecule has 3 nitrogen and oxygen atoms in total. The van der Waals surface area contributed by atoms with Crippen molar-refractivity contribution in [1.82, 2.24) is 4.90 Å². The maximum Gasteiger partial charge on any atom is 0.0611 e. The van der Waals surface area contributed by atoms with Gasteiger partial charge in [0, 0.05) is 17.6 Å². The smallest absolute Gasteiger partial charge is 0.0611 e. The zero-order chi connectivity index (χ0) is 14.6. The molecule has 2 aliphatic carbocycles. The fourth-order valence-electron chi connectivity index (χ4n) is 4.10. The van der Waals surface area contributed by atoms with Gasteiger partial charge in [0.05, 0.1) is 6.61 Å². The molecule has 2 aliphatic rings. The second-order valence-electron chi connectivity index (χ2n) is 7.63. The van der Waals surface area contributed by atoms with Gasteiger partial charge in [-0.05, 0) is 57.4 Å². The van der Waals surface area contributed by atoms with E-state index in [1.807, 2.05) is 0 Å². The Kier molecular flexibility index (Phi) is 5.88. The zero-order valence-corrected chi connectivity index (χ0v) is 13.5. The van der Waals surface area contributed by atoms with Crippen LogP contribution in [0.4, 0.5) is 0 Å². The molecule has 0 heterocycles. The van der Waals surface area contributed by atoms with E-state index in [4.69, 9.17) is 5.73 Å². The fourth-order valence-corrected chi connectivity index (χ4v) is 4.10. The number of hydrogen-bond acceptors (Lipinski definition) is 3. The molecule has 2 fully saturated rings. The van der Waals surface area contributed by atoms with Gasteiger partial charge >= 0.3 is 0 Å². The summed E-state index contributed by atoms with van der Waals surface area (Å²) in [4.78, 5) is 2.77. The van der Waals surface area contributed by atoms with Crippen LogP contribution >= 0.6 is 0 Å². The van der Waals surface area contributed by atoms with Crippen molar-refractivity contribution in [2.45, 2.75) is 89.3 Å². The van der Waals surface area contributed by atoms with Crippen LogP contribution in [-0.2, 0) is 0 Å². The first kappa shape index (κ1) is 16.3. The molecule has 20 heavy (non-hydrogen) atoms. The molecule has 0 aliphatic heterocycles. The SMILES string of the molecule is CC(C)CCN(C1CCCC1)C1CCCC(N)(CO)C1. The van der Waals surface area contributed by atoms with Crippen LogP contribution in [-0.4, -0.2) is 40.8 Å². The molecule has 2 rings (SSSR count). The Hall–Kier alpha value is -0.120. The van der Waals surface area contributed by atoms with Gasteiger partial charge in [-0.25, -0.2) is 0 Å². The Labute approximate surface area is 124 Å². The number of rotatable bonds is 6. The lowest BCUT2D eigenvalue weighted by molar-refractivity contribution is 0.0526. The maximum atomic E-state index is 9.59. The molecule has 2 unspecified atom stereocenters. The molecule has 0 bridgehead atoms. The highest BCUT2D eigenvalue weighted by Crippen LogP contribution is 2.34. The third-order valence-corrected chi connectivity index (χ3v) is 5.40.